The van der Waals surface area contributed by atoms with Crippen molar-refractivity contribution in [3.8, 4) is 11.6 Å². The van der Waals surface area contributed by atoms with E-state index in [-0.39, 0.29) is 0 Å². The highest BCUT2D eigenvalue weighted by molar-refractivity contribution is 5.86. The predicted octanol–water partition coefficient (Wildman–Crippen LogP) is 4.17. The molecule has 0 amide bonds. The lowest BCUT2D eigenvalue weighted by molar-refractivity contribution is 0.471. The smallest absolute Gasteiger partial charge is 0.227 e. The zero-order valence-electron chi connectivity index (χ0n) is 11.3. The van der Waals surface area contributed by atoms with Crippen molar-refractivity contribution in [3.63, 3.8) is 0 Å². The minimum atomic E-state index is 0.582. The fraction of sp³-hybridized carbons (Fsp3) is 0.118. The van der Waals surface area contributed by atoms with E-state index >= 15 is 0 Å². The number of rotatable bonds is 3. The number of benzene rings is 2. The number of pyridine rings is 1. The summed E-state index contributed by atoms with van der Waals surface area (Å²) in [7, 11) is 0. The number of hydrogen-bond acceptors (Lipinski definition) is 3. The standard InChI is InChI=1S/C17H16N2O/c1-2-12-7-8-16(15(18)11-12)20-17-14-6-4-3-5-13(14)9-10-19-17/h3-11H,2,18H2,1H3. The number of hydrogen-bond donors (Lipinski definition) is 1. The van der Waals surface area contributed by atoms with E-state index in [1.807, 2.05) is 48.5 Å². The Hall–Kier alpha value is -2.55. The highest BCUT2D eigenvalue weighted by Crippen LogP contribution is 2.31. The Morgan fingerprint density at radius 1 is 1.10 bits per heavy atom. The van der Waals surface area contributed by atoms with Gasteiger partial charge in [-0.25, -0.2) is 4.98 Å². The average Bonchev–Trinajstić information content (AvgIpc) is 2.49. The molecule has 0 bridgehead atoms. The first-order valence-electron chi connectivity index (χ1n) is 6.68. The van der Waals surface area contributed by atoms with Gasteiger partial charge in [0.2, 0.25) is 5.88 Å². The topological polar surface area (TPSA) is 48.1 Å². The van der Waals surface area contributed by atoms with Gasteiger partial charge in [-0.15, -0.1) is 0 Å². The van der Waals surface area contributed by atoms with Crippen molar-refractivity contribution in [1.29, 1.82) is 0 Å². The first-order valence-corrected chi connectivity index (χ1v) is 6.68. The molecule has 3 rings (SSSR count). The minimum Gasteiger partial charge on any atom is -0.436 e. The van der Waals surface area contributed by atoms with Crippen molar-refractivity contribution < 1.29 is 4.74 Å². The molecule has 100 valence electrons. The molecule has 2 N–H and O–H groups in total. The molecule has 0 spiro atoms. The van der Waals surface area contributed by atoms with Crippen LogP contribution in [0.3, 0.4) is 0 Å². The second-order valence-electron chi connectivity index (χ2n) is 4.67. The third kappa shape index (κ3) is 2.30. The second-order valence-corrected chi connectivity index (χ2v) is 4.67. The molecule has 0 saturated carbocycles. The summed E-state index contributed by atoms with van der Waals surface area (Å²) in [4.78, 5) is 4.31. The van der Waals surface area contributed by atoms with Crippen LogP contribution >= 0.6 is 0 Å². The zero-order chi connectivity index (χ0) is 13.9. The van der Waals surface area contributed by atoms with E-state index in [0.29, 0.717) is 17.3 Å². The van der Waals surface area contributed by atoms with E-state index in [4.69, 9.17) is 10.5 Å². The number of aryl methyl sites for hydroxylation is 1. The van der Waals surface area contributed by atoms with Crippen molar-refractivity contribution >= 4 is 16.5 Å². The maximum atomic E-state index is 6.04. The molecule has 0 atom stereocenters. The monoisotopic (exact) mass is 264 g/mol. The lowest BCUT2D eigenvalue weighted by atomic mass is 10.1. The Balaban J connectivity index is 2.01. The van der Waals surface area contributed by atoms with Gasteiger partial charge in [-0.1, -0.05) is 31.2 Å². The van der Waals surface area contributed by atoms with Crippen LogP contribution in [0.2, 0.25) is 0 Å². The fourth-order valence-electron chi connectivity index (χ4n) is 2.19. The van der Waals surface area contributed by atoms with Gasteiger partial charge in [0.15, 0.2) is 5.75 Å². The van der Waals surface area contributed by atoms with Crippen molar-refractivity contribution in [2.75, 3.05) is 5.73 Å². The van der Waals surface area contributed by atoms with Gasteiger partial charge in [0.25, 0.3) is 0 Å². The van der Waals surface area contributed by atoms with Crippen LogP contribution in [-0.4, -0.2) is 4.98 Å². The molecule has 3 heteroatoms. The summed E-state index contributed by atoms with van der Waals surface area (Å²) in [5.74, 6) is 1.23. The van der Waals surface area contributed by atoms with E-state index < -0.39 is 0 Å². The van der Waals surface area contributed by atoms with Crippen LogP contribution in [0.15, 0.2) is 54.7 Å². The van der Waals surface area contributed by atoms with Gasteiger partial charge in [-0.05, 0) is 41.6 Å². The Morgan fingerprint density at radius 2 is 1.95 bits per heavy atom. The van der Waals surface area contributed by atoms with E-state index in [2.05, 4.69) is 11.9 Å². The molecule has 20 heavy (non-hydrogen) atoms. The molecule has 0 aliphatic heterocycles. The highest BCUT2D eigenvalue weighted by Gasteiger charge is 2.07. The molecule has 1 aromatic heterocycles. The quantitative estimate of drug-likeness (QED) is 0.722. The lowest BCUT2D eigenvalue weighted by Crippen LogP contribution is -1.95. The van der Waals surface area contributed by atoms with Crippen LogP contribution in [0.25, 0.3) is 10.8 Å². The molecule has 0 unspecified atom stereocenters. The van der Waals surface area contributed by atoms with Crippen LogP contribution < -0.4 is 10.5 Å². The van der Waals surface area contributed by atoms with Crippen LogP contribution in [0.5, 0.6) is 11.6 Å². The summed E-state index contributed by atoms with van der Waals surface area (Å²) < 4.78 is 5.89. The molecule has 0 aliphatic carbocycles. The van der Waals surface area contributed by atoms with E-state index in [0.717, 1.165) is 17.2 Å². The van der Waals surface area contributed by atoms with Gasteiger partial charge in [0.05, 0.1) is 5.69 Å². The van der Waals surface area contributed by atoms with E-state index in [1.54, 1.807) is 6.20 Å². The molecule has 0 radical (unpaired) electrons. The van der Waals surface area contributed by atoms with Gasteiger partial charge in [0, 0.05) is 11.6 Å². The minimum absolute atomic E-state index is 0.582. The van der Waals surface area contributed by atoms with Crippen LogP contribution in [0.1, 0.15) is 12.5 Å². The third-order valence-electron chi connectivity index (χ3n) is 3.33. The Bertz CT molecular complexity index is 748. The van der Waals surface area contributed by atoms with Crippen molar-refractivity contribution in [1.82, 2.24) is 4.98 Å². The molecule has 3 aromatic rings. The fourth-order valence-corrected chi connectivity index (χ4v) is 2.19. The molecule has 3 nitrogen and oxygen atoms in total. The molecule has 2 aromatic carbocycles. The number of aromatic nitrogens is 1. The van der Waals surface area contributed by atoms with E-state index in [1.165, 1.54) is 5.56 Å². The maximum Gasteiger partial charge on any atom is 0.227 e. The average molecular weight is 264 g/mol. The van der Waals surface area contributed by atoms with Gasteiger partial charge in [-0.3, -0.25) is 0 Å². The Labute approximate surface area is 118 Å². The Morgan fingerprint density at radius 3 is 2.75 bits per heavy atom. The summed E-state index contributed by atoms with van der Waals surface area (Å²) in [5, 5.41) is 2.08. The van der Waals surface area contributed by atoms with Gasteiger partial charge in [-0.2, -0.15) is 0 Å². The molecule has 0 saturated heterocycles. The summed E-state index contributed by atoms with van der Waals surface area (Å²) in [6.07, 6.45) is 2.70. The second kappa shape index (κ2) is 5.21. The van der Waals surface area contributed by atoms with Crippen molar-refractivity contribution in [2.45, 2.75) is 13.3 Å². The number of nitrogens with zero attached hydrogens (tertiary/aromatic N) is 1. The highest BCUT2D eigenvalue weighted by atomic mass is 16.5. The van der Waals surface area contributed by atoms with E-state index in [9.17, 15) is 0 Å². The van der Waals surface area contributed by atoms with Crippen molar-refractivity contribution in [3.05, 3.63) is 60.3 Å². The molecular weight excluding hydrogens is 248 g/mol. The SMILES string of the molecule is CCc1ccc(Oc2nccc3ccccc23)c(N)c1. The Kier molecular flexibility index (Phi) is 3.25. The van der Waals surface area contributed by atoms with Crippen LogP contribution in [0.4, 0.5) is 5.69 Å². The molecule has 1 heterocycles. The number of fused-ring (bicyclic) bond motifs is 1. The van der Waals surface area contributed by atoms with Crippen LogP contribution in [-0.2, 0) is 6.42 Å². The summed E-state index contributed by atoms with van der Waals surface area (Å²) in [6, 6.07) is 15.8. The number of nitrogens with two attached hydrogens (primary N) is 1. The first kappa shape index (κ1) is 12.5. The predicted molar refractivity (Wildman–Crippen MR) is 82.0 cm³/mol. The van der Waals surface area contributed by atoms with Gasteiger partial charge in [0.1, 0.15) is 0 Å². The van der Waals surface area contributed by atoms with Crippen LogP contribution in [0, 0.1) is 0 Å². The number of ether oxygens (including phenoxy) is 1. The molecule has 0 aliphatic rings. The zero-order valence-corrected chi connectivity index (χ0v) is 11.3. The van der Waals surface area contributed by atoms with Crippen molar-refractivity contribution in [2.24, 2.45) is 0 Å². The molecule has 0 fully saturated rings. The summed E-state index contributed by atoms with van der Waals surface area (Å²) in [5.41, 5.74) is 7.87. The maximum absolute atomic E-state index is 6.04. The van der Waals surface area contributed by atoms with Gasteiger partial charge < -0.3 is 10.5 Å². The van der Waals surface area contributed by atoms with Gasteiger partial charge >= 0.3 is 0 Å². The first-order chi connectivity index (χ1) is 9.78. The number of anilines is 1. The molecular formula is C17H16N2O. The third-order valence-corrected chi connectivity index (χ3v) is 3.33. The summed E-state index contributed by atoms with van der Waals surface area (Å²) >= 11 is 0. The lowest BCUT2D eigenvalue weighted by Gasteiger charge is -2.10. The largest absolute Gasteiger partial charge is 0.436 e. The normalized spacial score (nSPS) is 10.7. The summed E-state index contributed by atoms with van der Waals surface area (Å²) in [6.45, 7) is 2.10. The number of nitrogen functional groups attached to an aromatic ring is 1.